The Hall–Kier alpha value is 0.310. The zero-order valence-corrected chi connectivity index (χ0v) is 11.3. The molecule has 0 fully saturated rings. The summed E-state index contributed by atoms with van der Waals surface area (Å²) in [6, 6.07) is 0. The molecule has 2 heteroatoms. The van der Waals surface area contributed by atoms with Crippen molar-refractivity contribution in [3.63, 3.8) is 0 Å². The van der Waals surface area contributed by atoms with E-state index in [2.05, 4.69) is 51.8 Å². The van der Waals surface area contributed by atoms with Crippen molar-refractivity contribution in [2.75, 3.05) is 25.1 Å². The zero-order valence-electron chi connectivity index (χ0n) is 10.5. The van der Waals surface area contributed by atoms with E-state index in [0.717, 1.165) is 12.5 Å². The second-order valence-electron chi connectivity index (χ2n) is 4.96. The Morgan fingerprint density at radius 2 is 1.93 bits per heavy atom. The van der Waals surface area contributed by atoms with E-state index in [-0.39, 0.29) is 0 Å². The normalized spacial score (nSPS) is 14.4. The van der Waals surface area contributed by atoms with Crippen molar-refractivity contribution in [2.24, 2.45) is 11.3 Å². The van der Waals surface area contributed by atoms with Gasteiger partial charge in [-0.3, -0.25) is 0 Å². The summed E-state index contributed by atoms with van der Waals surface area (Å²) in [6.45, 7) is 10.4. The number of nitrogens with one attached hydrogen (secondary N) is 1. The molecule has 0 spiro atoms. The highest BCUT2D eigenvalue weighted by Gasteiger charge is 2.22. The molecule has 0 aliphatic carbocycles. The summed E-state index contributed by atoms with van der Waals surface area (Å²) in [7, 11) is 2.06. The first-order valence-corrected chi connectivity index (χ1v) is 6.90. The van der Waals surface area contributed by atoms with E-state index >= 15 is 0 Å². The molecule has 0 heterocycles. The van der Waals surface area contributed by atoms with Crippen LogP contribution in [0.2, 0.25) is 0 Å². The zero-order chi connectivity index (χ0) is 11.0. The van der Waals surface area contributed by atoms with Crippen molar-refractivity contribution in [1.82, 2.24) is 5.32 Å². The van der Waals surface area contributed by atoms with Crippen LogP contribution >= 0.6 is 11.8 Å². The van der Waals surface area contributed by atoms with E-state index < -0.39 is 0 Å². The van der Waals surface area contributed by atoms with Gasteiger partial charge in [0, 0.05) is 0 Å². The Kier molecular flexibility index (Phi) is 7.75. The van der Waals surface area contributed by atoms with Crippen LogP contribution < -0.4 is 5.32 Å². The average Bonchev–Trinajstić information content (AvgIpc) is 2.08. The van der Waals surface area contributed by atoms with E-state index in [9.17, 15) is 0 Å². The van der Waals surface area contributed by atoms with Crippen LogP contribution in [0.25, 0.3) is 0 Å². The van der Waals surface area contributed by atoms with Gasteiger partial charge in [0.25, 0.3) is 0 Å². The van der Waals surface area contributed by atoms with E-state index in [4.69, 9.17) is 0 Å². The van der Waals surface area contributed by atoms with Crippen molar-refractivity contribution < 1.29 is 0 Å². The third-order valence-corrected chi connectivity index (χ3v) is 3.71. The van der Waals surface area contributed by atoms with Crippen molar-refractivity contribution >= 4 is 11.8 Å². The molecule has 1 N–H and O–H groups in total. The van der Waals surface area contributed by atoms with Crippen LogP contribution in [0.15, 0.2) is 0 Å². The van der Waals surface area contributed by atoms with Crippen molar-refractivity contribution in [2.45, 2.75) is 40.5 Å². The van der Waals surface area contributed by atoms with Crippen molar-refractivity contribution in [1.29, 1.82) is 0 Å². The van der Waals surface area contributed by atoms with E-state index in [1.54, 1.807) is 0 Å². The first-order chi connectivity index (χ1) is 6.52. The molecule has 0 radical (unpaired) electrons. The highest BCUT2D eigenvalue weighted by Crippen LogP contribution is 2.29. The minimum atomic E-state index is 0.444. The Labute approximate surface area is 94.4 Å². The molecule has 0 aliphatic heterocycles. The van der Waals surface area contributed by atoms with E-state index in [1.165, 1.54) is 24.3 Å². The lowest BCUT2D eigenvalue weighted by Crippen LogP contribution is -2.30. The van der Waals surface area contributed by atoms with Crippen LogP contribution in [0.4, 0.5) is 0 Å². The summed E-state index contributed by atoms with van der Waals surface area (Å²) in [4.78, 5) is 0. The summed E-state index contributed by atoms with van der Waals surface area (Å²) in [5, 5.41) is 3.31. The second-order valence-corrected chi connectivity index (χ2v) is 6.35. The SMILES string of the molecule is CCSCCCC(CNC)C(C)(C)C. The maximum absolute atomic E-state index is 3.31. The molecule has 0 rings (SSSR count). The number of rotatable bonds is 7. The van der Waals surface area contributed by atoms with Gasteiger partial charge >= 0.3 is 0 Å². The molecule has 0 bridgehead atoms. The van der Waals surface area contributed by atoms with E-state index in [0.29, 0.717) is 5.41 Å². The molecule has 1 nitrogen and oxygen atoms in total. The molecule has 1 unspecified atom stereocenters. The van der Waals surface area contributed by atoms with Crippen LogP contribution in [0.5, 0.6) is 0 Å². The summed E-state index contributed by atoms with van der Waals surface area (Å²) >= 11 is 2.06. The minimum absolute atomic E-state index is 0.444. The fourth-order valence-corrected chi connectivity index (χ4v) is 2.32. The Balaban J connectivity index is 3.74. The largest absolute Gasteiger partial charge is 0.319 e. The fourth-order valence-electron chi connectivity index (χ4n) is 1.66. The van der Waals surface area contributed by atoms with Gasteiger partial charge in [0.15, 0.2) is 0 Å². The first-order valence-electron chi connectivity index (χ1n) is 5.74. The van der Waals surface area contributed by atoms with Crippen molar-refractivity contribution in [3.05, 3.63) is 0 Å². The van der Waals surface area contributed by atoms with Gasteiger partial charge in [-0.25, -0.2) is 0 Å². The maximum Gasteiger partial charge on any atom is -0.00185 e. The number of thioether (sulfide) groups is 1. The Morgan fingerprint density at radius 1 is 1.29 bits per heavy atom. The fraction of sp³-hybridized carbons (Fsp3) is 1.00. The predicted octanol–water partition coefficient (Wildman–Crippen LogP) is 3.40. The van der Waals surface area contributed by atoms with Gasteiger partial charge < -0.3 is 5.32 Å². The molecule has 0 aromatic heterocycles. The van der Waals surface area contributed by atoms with Gasteiger partial charge in [-0.15, -0.1) is 0 Å². The van der Waals surface area contributed by atoms with Gasteiger partial charge in [-0.1, -0.05) is 27.7 Å². The highest BCUT2D eigenvalue weighted by molar-refractivity contribution is 7.99. The summed E-state index contributed by atoms with van der Waals surface area (Å²) in [5.41, 5.74) is 0.444. The molecule has 0 aromatic carbocycles. The smallest absolute Gasteiger partial charge is 0.00185 e. The highest BCUT2D eigenvalue weighted by atomic mass is 32.2. The Bertz CT molecular complexity index is 129. The first kappa shape index (κ1) is 14.3. The van der Waals surface area contributed by atoms with Crippen molar-refractivity contribution in [3.8, 4) is 0 Å². The van der Waals surface area contributed by atoms with Gasteiger partial charge in [0.05, 0.1) is 0 Å². The van der Waals surface area contributed by atoms with Crippen LogP contribution in [-0.2, 0) is 0 Å². The van der Waals surface area contributed by atoms with Gasteiger partial charge in [0.1, 0.15) is 0 Å². The lowest BCUT2D eigenvalue weighted by molar-refractivity contribution is 0.221. The molecule has 0 amide bonds. The molecule has 1 atom stereocenters. The summed E-state index contributed by atoms with van der Waals surface area (Å²) in [6.07, 6.45) is 2.72. The predicted molar refractivity (Wildman–Crippen MR) is 69.1 cm³/mol. The van der Waals surface area contributed by atoms with Gasteiger partial charge in [-0.05, 0) is 49.3 Å². The third kappa shape index (κ3) is 6.72. The molecular formula is C12H27NS. The molecule has 0 aromatic rings. The Morgan fingerprint density at radius 3 is 2.36 bits per heavy atom. The second kappa shape index (κ2) is 7.58. The maximum atomic E-state index is 3.31. The van der Waals surface area contributed by atoms with Crippen LogP contribution in [-0.4, -0.2) is 25.1 Å². The quantitative estimate of drug-likeness (QED) is 0.656. The van der Waals surface area contributed by atoms with Crippen LogP contribution in [0.3, 0.4) is 0 Å². The monoisotopic (exact) mass is 217 g/mol. The molecule has 86 valence electrons. The topological polar surface area (TPSA) is 12.0 Å². The molecule has 14 heavy (non-hydrogen) atoms. The third-order valence-electron chi connectivity index (χ3n) is 2.72. The van der Waals surface area contributed by atoms with Crippen LogP contribution in [0.1, 0.15) is 40.5 Å². The van der Waals surface area contributed by atoms with Gasteiger partial charge in [-0.2, -0.15) is 11.8 Å². The molecular weight excluding hydrogens is 190 g/mol. The summed E-state index contributed by atoms with van der Waals surface area (Å²) in [5.74, 6) is 3.39. The summed E-state index contributed by atoms with van der Waals surface area (Å²) < 4.78 is 0. The minimum Gasteiger partial charge on any atom is -0.319 e. The average molecular weight is 217 g/mol. The number of hydrogen-bond acceptors (Lipinski definition) is 2. The van der Waals surface area contributed by atoms with Crippen LogP contribution in [0, 0.1) is 11.3 Å². The molecule has 0 aliphatic rings. The molecule has 0 saturated carbocycles. The van der Waals surface area contributed by atoms with Gasteiger partial charge in [0.2, 0.25) is 0 Å². The lowest BCUT2D eigenvalue weighted by Gasteiger charge is -2.30. The number of hydrogen-bond donors (Lipinski definition) is 1. The van der Waals surface area contributed by atoms with E-state index in [1.807, 2.05) is 0 Å². The standard InChI is InChI=1S/C12H27NS/c1-6-14-9-7-8-11(10-13-5)12(2,3)4/h11,13H,6-10H2,1-5H3. The molecule has 0 saturated heterocycles. The lowest BCUT2D eigenvalue weighted by atomic mass is 9.78.